The van der Waals surface area contributed by atoms with E-state index in [2.05, 4.69) is 15.2 Å². The molecule has 4 rings (SSSR count). The molecule has 0 spiro atoms. The fourth-order valence-corrected chi connectivity index (χ4v) is 3.77. The highest BCUT2D eigenvalue weighted by atomic mass is 35.5. The lowest BCUT2D eigenvalue weighted by Crippen LogP contribution is -2.37. The van der Waals surface area contributed by atoms with Crippen LogP contribution in [0.2, 0.25) is 10.0 Å². The number of esters is 1. The monoisotopic (exact) mass is 574 g/mol. The maximum Gasteiger partial charge on any atom is 0.416 e. The zero-order valence-electron chi connectivity index (χ0n) is 19.2. The van der Waals surface area contributed by atoms with E-state index in [1.54, 1.807) is 0 Å². The highest BCUT2D eigenvalue weighted by Crippen LogP contribution is 2.25. The first-order chi connectivity index (χ1) is 17.9. The number of aromatic nitrogens is 6. The number of hydrogen-bond donors (Lipinski definition) is 1. The lowest BCUT2D eigenvalue weighted by atomic mass is 10.2. The molecule has 2 aromatic heterocycles. The Bertz CT molecular complexity index is 1550. The third kappa shape index (κ3) is 5.56. The largest absolute Gasteiger partial charge is 0.463 e. The quantitative estimate of drug-likeness (QED) is 0.265. The number of rotatable bonds is 7. The minimum absolute atomic E-state index is 0.0697. The zero-order valence-corrected chi connectivity index (χ0v) is 20.7. The standard InChI is InChI=1S/C22H16Cl2F4N6O4/c1-38-20(36)19-29-17(30-34(19)15-7-6-13(25)8-14(15)24)10-33-21(37)32(9-16(35)22(26,27)28)18(31-33)11-2-4-12(23)5-3-11/h2-8,16,35H,9-10H2,1H3/t16-/m0/s1. The Morgan fingerprint density at radius 3 is 2.42 bits per heavy atom. The molecule has 0 bridgehead atoms. The number of ether oxygens (including phenoxy) is 1. The molecule has 4 aromatic rings. The van der Waals surface area contributed by atoms with Gasteiger partial charge >= 0.3 is 17.8 Å². The van der Waals surface area contributed by atoms with E-state index >= 15 is 0 Å². The second kappa shape index (κ2) is 10.6. The Morgan fingerprint density at radius 1 is 1.13 bits per heavy atom. The highest BCUT2D eigenvalue weighted by molar-refractivity contribution is 6.32. The van der Waals surface area contributed by atoms with Gasteiger partial charge in [-0.1, -0.05) is 23.2 Å². The van der Waals surface area contributed by atoms with Crippen molar-refractivity contribution in [3.05, 3.63) is 80.5 Å². The van der Waals surface area contributed by atoms with Gasteiger partial charge in [0, 0.05) is 10.6 Å². The Balaban J connectivity index is 1.79. The normalized spacial score (nSPS) is 12.5. The molecule has 0 aliphatic rings. The van der Waals surface area contributed by atoms with Gasteiger partial charge in [-0.25, -0.2) is 28.3 Å². The molecule has 200 valence electrons. The fourth-order valence-electron chi connectivity index (χ4n) is 3.40. The first kappa shape index (κ1) is 27.3. The number of nitrogens with zero attached hydrogens (tertiary/aromatic N) is 6. The number of aliphatic hydroxyl groups is 1. The second-order valence-electron chi connectivity index (χ2n) is 7.79. The van der Waals surface area contributed by atoms with Crippen molar-refractivity contribution in [3.63, 3.8) is 0 Å². The molecule has 0 radical (unpaired) electrons. The predicted molar refractivity (Wildman–Crippen MR) is 126 cm³/mol. The van der Waals surface area contributed by atoms with Crippen LogP contribution in [0.1, 0.15) is 16.4 Å². The molecule has 16 heteroatoms. The van der Waals surface area contributed by atoms with E-state index in [9.17, 15) is 32.3 Å². The maximum absolute atomic E-state index is 13.5. The van der Waals surface area contributed by atoms with Crippen molar-refractivity contribution in [1.29, 1.82) is 0 Å². The molecular weight excluding hydrogens is 559 g/mol. The summed E-state index contributed by atoms with van der Waals surface area (Å²) in [6.45, 7) is -1.63. The van der Waals surface area contributed by atoms with Gasteiger partial charge in [-0.15, -0.1) is 10.2 Å². The van der Waals surface area contributed by atoms with Crippen molar-refractivity contribution in [3.8, 4) is 17.1 Å². The summed E-state index contributed by atoms with van der Waals surface area (Å²) in [6.07, 6.45) is -7.85. The molecule has 0 saturated carbocycles. The van der Waals surface area contributed by atoms with Gasteiger partial charge < -0.3 is 9.84 Å². The van der Waals surface area contributed by atoms with Crippen molar-refractivity contribution in [1.82, 2.24) is 29.1 Å². The van der Waals surface area contributed by atoms with Gasteiger partial charge in [0.05, 0.1) is 24.4 Å². The number of methoxy groups -OCH3 is 1. The van der Waals surface area contributed by atoms with Gasteiger partial charge in [0.25, 0.3) is 0 Å². The summed E-state index contributed by atoms with van der Waals surface area (Å²) in [7, 11) is 1.09. The number of aliphatic hydroxyl groups excluding tert-OH is 1. The minimum atomic E-state index is -5.00. The van der Waals surface area contributed by atoms with Crippen LogP contribution >= 0.6 is 23.2 Å². The Hall–Kier alpha value is -3.75. The molecule has 0 amide bonds. The summed E-state index contributed by atoms with van der Waals surface area (Å²) >= 11 is 12.0. The van der Waals surface area contributed by atoms with Crippen molar-refractivity contribution >= 4 is 29.2 Å². The summed E-state index contributed by atoms with van der Waals surface area (Å²) < 4.78 is 59.8. The van der Waals surface area contributed by atoms with Crippen LogP contribution in [0.25, 0.3) is 17.1 Å². The van der Waals surface area contributed by atoms with Gasteiger partial charge in [-0.05, 0) is 42.5 Å². The minimum Gasteiger partial charge on any atom is -0.463 e. The molecular formula is C22H16Cl2F4N6O4. The second-order valence-corrected chi connectivity index (χ2v) is 8.63. The van der Waals surface area contributed by atoms with Gasteiger partial charge in [-0.3, -0.25) is 4.57 Å². The molecule has 1 atom stereocenters. The van der Waals surface area contributed by atoms with Crippen LogP contribution in [0, 0.1) is 5.82 Å². The van der Waals surface area contributed by atoms with Gasteiger partial charge in [0.15, 0.2) is 17.8 Å². The molecule has 2 aromatic carbocycles. The average molecular weight is 575 g/mol. The van der Waals surface area contributed by atoms with Crippen LogP contribution in [0.15, 0.2) is 47.3 Å². The van der Waals surface area contributed by atoms with Gasteiger partial charge in [-0.2, -0.15) is 13.2 Å². The van der Waals surface area contributed by atoms with Crippen molar-refractivity contribution in [2.45, 2.75) is 25.4 Å². The van der Waals surface area contributed by atoms with E-state index in [-0.39, 0.29) is 33.7 Å². The number of alkyl halides is 3. The number of halogens is 6. The van der Waals surface area contributed by atoms with E-state index < -0.39 is 42.8 Å². The summed E-state index contributed by atoms with van der Waals surface area (Å²) in [6, 6.07) is 9.05. The maximum atomic E-state index is 13.5. The first-order valence-electron chi connectivity index (χ1n) is 10.6. The Kier molecular flexibility index (Phi) is 7.58. The number of benzene rings is 2. The summed E-state index contributed by atoms with van der Waals surface area (Å²) in [5, 5.41) is 18.1. The van der Waals surface area contributed by atoms with E-state index in [4.69, 9.17) is 27.9 Å². The predicted octanol–water partition coefficient (Wildman–Crippen LogP) is 3.50. The Labute approximate surface area is 220 Å². The number of hydrogen-bond acceptors (Lipinski definition) is 7. The molecule has 2 heterocycles. The fraction of sp³-hybridized carbons (Fsp3) is 0.227. The number of carbonyl (C=O) groups excluding carboxylic acids is 1. The van der Waals surface area contributed by atoms with Crippen LogP contribution < -0.4 is 5.69 Å². The molecule has 10 nitrogen and oxygen atoms in total. The van der Waals surface area contributed by atoms with E-state index in [1.807, 2.05) is 0 Å². The molecule has 1 N–H and O–H groups in total. The lowest BCUT2D eigenvalue weighted by molar-refractivity contribution is -0.207. The Morgan fingerprint density at radius 2 is 1.82 bits per heavy atom. The average Bonchev–Trinajstić information content (AvgIpc) is 3.40. The molecule has 0 fully saturated rings. The van der Waals surface area contributed by atoms with E-state index in [1.165, 1.54) is 30.3 Å². The summed E-state index contributed by atoms with van der Waals surface area (Å²) in [5.41, 5.74) is -0.708. The van der Waals surface area contributed by atoms with Crippen LogP contribution in [-0.4, -0.2) is 59.6 Å². The summed E-state index contributed by atoms with van der Waals surface area (Å²) in [4.78, 5) is 29.4. The smallest absolute Gasteiger partial charge is 0.416 e. The molecule has 0 aliphatic carbocycles. The topological polar surface area (TPSA) is 117 Å². The number of carbonyl (C=O) groups is 1. The van der Waals surface area contributed by atoms with Crippen LogP contribution in [0.5, 0.6) is 0 Å². The van der Waals surface area contributed by atoms with Crippen LogP contribution in [0.3, 0.4) is 0 Å². The molecule has 38 heavy (non-hydrogen) atoms. The van der Waals surface area contributed by atoms with Crippen molar-refractivity contribution < 1.29 is 32.2 Å². The molecule has 0 unspecified atom stereocenters. The lowest BCUT2D eigenvalue weighted by Gasteiger charge is -2.15. The third-order valence-electron chi connectivity index (χ3n) is 5.21. The van der Waals surface area contributed by atoms with Crippen LogP contribution in [0.4, 0.5) is 17.6 Å². The molecule has 0 aliphatic heterocycles. The van der Waals surface area contributed by atoms with Crippen LogP contribution in [-0.2, 0) is 17.8 Å². The van der Waals surface area contributed by atoms with Gasteiger partial charge in [0.1, 0.15) is 12.4 Å². The SMILES string of the molecule is COC(=O)c1nc(Cn2nc(-c3ccc(Cl)cc3)n(C[C@H](O)C(F)(F)F)c2=O)nn1-c1ccc(F)cc1Cl. The highest BCUT2D eigenvalue weighted by Gasteiger charge is 2.39. The third-order valence-corrected chi connectivity index (χ3v) is 5.76. The van der Waals surface area contributed by atoms with Crippen molar-refractivity contribution in [2.75, 3.05) is 7.11 Å². The van der Waals surface area contributed by atoms with E-state index in [0.717, 1.165) is 28.6 Å². The summed E-state index contributed by atoms with van der Waals surface area (Å²) in [5.74, 6) is -2.31. The zero-order chi connectivity index (χ0) is 27.8. The van der Waals surface area contributed by atoms with E-state index in [0.29, 0.717) is 9.59 Å². The molecule has 0 saturated heterocycles. The van der Waals surface area contributed by atoms with Gasteiger partial charge in [0.2, 0.25) is 5.82 Å². The van der Waals surface area contributed by atoms with Crippen molar-refractivity contribution in [2.24, 2.45) is 0 Å². The first-order valence-corrected chi connectivity index (χ1v) is 11.3.